The van der Waals surface area contributed by atoms with Crippen LogP contribution in [0.4, 0.5) is 10.6 Å². The minimum atomic E-state index is -0.399. The number of ketones is 1. The summed E-state index contributed by atoms with van der Waals surface area (Å²) in [5, 5.41) is 14.9. The highest BCUT2D eigenvalue weighted by Gasteiger charge is 2.32. The molecule has 0 radical (unpaired) electrons. The van der Waals surface area contributed by atoms with Crippen LogP contribution in [0.25, 0.3) is 5.65 Å². The number of fused-ring (bicyclic) bond motifs is 2. The molecule has 2 atom stereocenters. The molecule has 0 saturated heterocycles. The van der Waals surface area contributed by atoms with Gasteiger partial charge in [0.25, 0.3) is 0 Å². The topological polar surface area (TPSA) is 136 Å². The SMILES string of the molecule is CCC(CC)(CCC(=O)c1nc(NC(=O)N[C@H]2CC[C@@H](Oc3ccc4nnc(C(C)(C)COC)n4c3)c3ccccc32)cc(C(C)(C)C)n1)N(C)C. The summed E-state index contributed by atoms with van der Waals surface area (Å²) in [4.78, 5) is 38.5. The molecule has 1 aliphatic rings. The van der Waals surface area contributed by atoms with Crippen molar-refractivity contribution in [2.75, 3.05) is 33.1 Å². The van der Waals surface area contributed by atoms with E-state index >= 15 is 0 Å². The average molecular weight is 713 g/mol. The number of carbonyl (C=O) groups is 2. The zero-order valence-corrected chi connectivity index (χ0v) is 32.5. The summed E-state index contributed by atoms with van der Waals surface area (Å²) in [6.07, 6.45) is 5.97. The Bertz CT molecular complexity index is 1870. The van der Waals surface area contributed by atoms with Crippen LogP contribution in [0.1, 0.15) is 132 Å². The number of rotatable bonds is 14. The van der Waals surface area contributed by atoms with Crippen LogP contribution in [0.3, 0.4) is 0 Å². The van der Waals surface area contributed by atoms with E-state index in [9.17, 15) is 9.59 Å². The number of anilines is 1. The predicted octanol–water partition coefficient (Wildman–Crippen LogP) is 7.60. The van der Waals surface area contributed by atoms with Crippen molar-refractivity contribution in [3.63, 3.8) is 0 Å². The molecule has 0 fully saturated rings. The lowest BCUT2D eigenvalue weighted by Crippen LogP contribution is -2.43. The highest BCUT2D eigenvalue weighted by Crippen LogP contribution is 2.39. The first-order valence-electron chi connectivity index (χ1n) is 18.4. The molecule has 5 rings (SSSR count). The van der Waals surface area contributed by atoms with Gasteiger partial charge in [0.2, 0.25) is 0 Å². The highest BCUT2D eigenvalue weighted by atomic mass is 16.5. The fourth-order valence-corrected chi connectivity index (χ4v) is 7.26. The fraction of sp³-hybridized carbons (Fsp3) is 0.550. The minimum absolute atomic E-state index is 0.0749. The zero-order valence-electron chi connectivity index (χ0n) is 32.5. The van der Waals surface area contributed by atoms with E-state index < -0.39 is 6.03 Å². The number of Topliss-reactive ketones (excluding diaryl/α,β-unsaturated/α-hetero) is 1. The largest absolute Gasteiger partial charge is 0.484 e. The fourth-order valence-electron chi connectivity index (χ4n) is 7.26. The van der Waals surface area contributed by atoms with Gasteiger partial charge in [0, 0.05) is 36.0 Å². The van der Waals surface area contributed by atoms with E-state index in [1.165, 1.54) is 0 Å². The highest BCUT2D eigenvalue weighted by molar-refractivity contribution is 5.94. The third kappa shape index (κ3) is 8.44. The molecule has 12 heteroatoms. The number of nitrogens with zero attached hydrogens (tertiary/aromatic N) is 6. The molecule has 3 aromatic heterocycles. The van der Waals surface area contributed by atoms with Gasteiger partial charge in [-0.1, -0.05) is 72.7 Å². The van der Waals surface area contributed by atoms with Gasteiger partial charge in [-0.2, -0.15) is 0 Å². The van der Waals surface area contributed by atoms with Crippen molar-refractivity contribution < 1.29 is 19.1 Å². The lowest BCUT2D eigenvalue weighted by molar-refractivity contribution is 0.0885. The first kappa shape index (κ1) is 38.8. The number of ether oxygens (including phenoxy) is 2. The first-order valence-corrected chi connectivity index (χ1v) is 18.4. The molecule has 1 aromatic carbocycles. The lowest BCUT2D eigenvalue weighted by atomic mass is 9.85. The third-order valence-corrected chi connectivity index (χ3v) is 10.6. The molecule has 0 saturated carbocycles. The molecule has 12 nitrogen and oxygen atoms in total. The Morgan fingerprint density at radius 3 is 2.33 bits per heavy atom. The van der Waals surface area contributed by atoms with Gasteiger partial charge in [-0.15, -0.1) is 10.2 Å². The van der Waals surface area contributed by atoms with Crippen LogP contribution < -0.4 is 15.4 Å². The van der Waals surface area contributed by atoms with Gasteiger partial charge in [0.05, 0.1) is 24.5 Å². The molecule has 0 aliphatic heterocycles. The quantitative estimate of drug-likeness (QED) is 0.127. The number of carbonyl (C=O) groups excluding carboxylic acids is 2. The Morgan fingerprint density at radius 2 is 1.67 bits per heavy atom. The monoisotopic (exact) mass is 712 g/mol. The van der Waals surface area contributed by atoms with E-state index in [0.717, 1.165) is 35.4 Å². The van der Waals surface area contributed by atoms with Crippen molar-refractivity contribution in [2.24, 2.45) is 0 Å². The Hall–Kier alpha value is -4.42. The molecule has 0 bridgehead atoms. The number of methoxy groups -OCH3 is 1. The molecule has 2 N–H and O–H groups in total. The van der Waals surface area contributed by atoms with Crippen LogP contribution in [-0.4, -0.2) is 74.6 Å². The molecule has 4 aromatic rings. The maximum Gasteiger partial charge on any atom is 0.320 e. The average Bonchev–Trinajstić information content (AvgIpc) is 3.54. The van der Waals surface area contributed by atoms with Crippen molar-refractivity contribution in [1.29, 1.82) is 0 Å². The van der Waals surface area contributed by atoms with E-state index in [1.807, 2.05) is 61.7 Å². The maximum atomic E-state index is 13.5. The molecule has 0 spiro atoms. The maximum absolute atomic E-state index is 13.5. The van der Waals surface area contributed by atoms with Crippen molar-refractivity contribution in [3.8, 4) is 5.75 Å². The summed E-state index contributed by atoms with van der Waals surface area (Å²) in [7, 11) is 5.81. The summed E-state index contributed by atoms with van der Waals surface area (Å²) in [5.74, 6) is 1.79. The lowest BCUT2D eigenvalue weighted by Gasteiger charge is -2.38. The number of hydrogen-bond donors (Lipinski definition) is 2. The number of nitrogens with one attached hydrogen (secondary N) is 2. The van der Waals surface area contributed by atoms with Gasteiger partial charge in [-0.3, -0.25) is 14.5 Å². The normalized spacial score (nSPS) is 16.5. The van der Waals surface area contributed by atoms with Crippen LogP contribution in [-0.2, 0) is 15.6 Å². The minimum Gasteiger partial charge on any atom is -0.484 e. The van der Waals surface area contributed by atoms with Crippen LogP contribution in [0, 0.1) is 0 Å². The van der Waals surface area contributed by atoms with Gasteiger partial charge in [-0.25, -0.2) is 14.8 Å². The van der Waals surface area contributed by atoms with Crippen LogP contribution >= 0.6 is 0 Å². The number of benzene rings is 1. The molecule has 3 heterocycles. The van der Waals surface area contributed by atoms with Crippen LogP contribution in [0.2, 0.25) is 0 Å². The van der Waals surface area contributed by atoms with Gasteiger partial charge < -0.3 is 19.7 Å². The third-order valence-electron chi connectivity index (χ3n) is 10.6. The molecule has 1 aliphatic carbocycles. The standard InChI is InChI=1S/C40H56N8O4/c1-11-40(12-2,47(8)9)22-21-30(49)35-42-32(38(3,4)5)23-33(43-35)44-37(50)41-29-18-19-31(28-16-14-13-15-27(28)29)52-26-17-20-34-45-46-36(48(34)24-26)39(6,7)25-51-10/h13-17,20,23-24,29,31H,11-12,18-19,21-22,25H2,1-10H3,(H2,41,42,43,44,50)/t29-,31+/m0/s1. The van der Waals surface area contributed by atoms with Crippen molar-refractivity contribution >= 4 is 23.3 Å². The summed E-state index contributed by atoms with van der Waals surface area (Å²) >= 11 is 0. The predicted molar refractivity (Wildman–Crippen MR) is 203 cm³/mol. The van der Waals surface area contributed by atoms with Gasteiger partial charge >= 0.3 is 6.03 Å². The molecule has 280 valence electrons. The Kier molecular flexibility index (Phi) is 11.7. The van der Waals surface area contributed by atoms with Gasteiger partial charge in [0.15, 0.2) is 17.3 Å². The second kappa shape index (κ2) is 15.7. The second-order valence-corrected chi connectivity index (χ2v) is 15.9. The Balaban J connectivity index is 1.31. The van der Waals surface area contributed by atoms with E-state index in [2.05, 4.69) is 83.6 Å². The van der Waals surface area contributed by atoms with Crippen molar-refractivity contribution in [3.05, 3.63) is 77.1 Å². The van der Waals surface area contributed by atoms with Crippen molar-refractivity contribution in [2.45, 2.75) is 116 Å². The molecule has 2 amide bonds. The number of amides is 2. The summed E-state index contributed by atoms with van der Waals surface area (Å²) in [6, 6.07) is 13.0. The Labute approximate surface area is 308 Å². The molecule has 52 heavy (non-hydrogen) atoms. The van der Waals surface area contributed by atoms with Crippen LogP contribution in [0.15, 0.2) is 48.7 Å². The number of aromatic nitrogens is 5. The van der Waals surface area contributed by atoms with Gasteiger partial charge in [-0.05, 0) is 69.5 Å². The summed E-state index contributed by atoms with van der Waals surface area (Å²) in [5.41, 5.74) is 2.65. The summed E-state index contributed by atoms with van der Waals surface area (Å²) < 4.78 is 14.0. The van der Waals surface area contributed by atoms with Gasteiger partial charge in [0.1, 0.15) is 23.5 Å². The smallest absolute Gasteiger partial charge is 0.320 e. The number of pyridine rings is 1. The Morgan fingerprint density at radius 1 is 0.962 bits per heavy atom. The zero-order chi connectivity index (χ0) is 37.8. The number of urea groups is 1. The van der Waals surface area contributed by atoms with Crippen LogP contribution in [0.5, 0.6) is 5.75 Å². The van der Waals surface area contributed by atoms with E-state index in [4.69, 9.17) is 9.47 Å². The molecular weight excluding hydrogens is 656 g/mol. The van der Waals surface area contributed by atoms with E-state index in [0.29, 0.717) is 49.6 Å². The molecular formula is C40H56N8O4. The van der Waals surface area contributed by atoms with E-state index in [-0.39, 0.29) is 40.1 Å². The molecule has 0 unspecified atom stereocenters. The number of hydrogen-bond acceptors (Lipinski definition) is 9. The van der Waals surface area contributed by atoms with Crippen molar-refractivity contribution in [1.82, 2.24) is 34.8 Å². The summed E-state index contributed by atoms with van der Waals surface area (Å²) in [6.45, 7) is 15.0. The van der Waals surface area contributed by atoms with E-state index in [1.54, 1.807) is 13.2 Å². The second-order valence-electron chi connectivity index (χ2n) is 15.9. The first-order chi connectivity index (χ1) is 24.6.